The van der Waals surface area contributed by atoms with E-state index in [1.165, 1.54) is 0 Å². The molecule has 0 aromatic heterocycles. The minimum atomic E-state index is -1.12. The molecule has 1 aliphatic heterocycles. The number of rotatable bonds is 5. The lowest BCUT2D eigenvalue weighted by Crippen LogP contribution is -2.44. The highest BCUT2D eigenvalue weighted by atomic mass is 16.2. The van der Waals surface area contributed by atoms with Crippen LogP contribution in [0.15, 0.2) is 48.5 Å². The van der Waals surface area contributed by atoms with Gasteiger partial charge in [-0.1, -0.05) is 30.3 Å². The Morgan fingerprint density at radius 1 is 1.06 bits per heavy atom. The molecular formula is C25H26N4O4. The second-order valence-electron chi connectivity index (χ2n) is 8.97. The normalized spacial score (nSPS) is 21.9. The summed E-state index contributed by atoms with van der Waals surface area (Å²) in [6, 6.07) is 14.0. The number of carbonyl (C=O) groups excluding carboxylic acids is 4. The number of carbonyl (C=O) groups is 4. The monoisotopic (exact) mass is 446 g/mol. The van der Waals surface area contributed by atoms with Gasteiger partial charge in [-0.25, -0.2) is 4.79 Å². The molecule has 0 bridgehead atoms. The molecule has 3 aliphatic rings. The number of aryl methyl sites for hydroxylation is 1. The molecule has 0 radical (unpaired) electrons. The van der Waals surface area contributed by atoms with Gasteiger partial charge in [-0.3, -0.25) is 19.3 Å². The van der Waals surface area contributed by atoms with E-state index in [4.69, 9.17) is 0 Å². The molecule has 5 rings (SSSR count). The fraction of sp³-hybridized carbons (Fsp3) is 0.360. The smallest absolute Gasteiger partial charge is 0.325 e. The van der Waals surface area contributed by atoms with Crippen molar-refractivity contribution in [2.45, 2.75) is 50.1 Å². The van der Waals surface area contributed by atoms with Crippen LogP contribution < -0.4 is 16.0 Å². The van der Waals surface area contributed by atoms with E-state index in [9.17, 15) is 19.2 Å². The van der Waals surface area contributed by atoms with Crippen LogP contribution in [0.25, 0.3) is 0 Å². The summed E-state index contributed by atoms with van der Waals surface area (Å²) < 4.78 is 0. The number of anilines is 1. The molecule has 5 amide bonds. The Labute approximate surface area is 191 Å². The zero-order valence-corrected chi connectivity index (χ0v) is 18.2. The van der Waals surface area contributed by atoms with Crippen LogP contribution in [0.1, 0.15) is 53.6 Å². The highest BCUT2D eigenvalue weighted by Crippen LogP contribution is 2.38. The van der Waals surface area contributed by atoms with Crippen LogP contribution in [-0.4, -0.2) is 41.2 Å². The molecule has 2 aromatic carbocycles. The van der Waals surface area contributed by atoms with Gasteiger partial charge in [0.25, 0.3) is 11.8 Å². The third-order valence-corrected chi connectivity index (χ3v) is 6.52. The molecule has 0 unspecified atom stereocenters. The second kappa shape index (κ2) is 8.35. The number of urea groups is 1. The maximum atomic E-state index is 13.5. The molecule has 3 N–H and O–H groups in total. The first-order valence-electron chi connectivity index (χ1n) is 11.4. The summed E-state index contributed by atoms with van der Waals surface area (Å²) in [5.74, 6) is -1.08. The van der Waals surface area contributed by atoms with Crippen LogP contribution in [0.2, 0.25) is 0 Å². The number of hydrogen-bond acceptors (Lipinski definition) is 4. The molecule has 8 heteroatoms. The minimum absolute atomic E-state index is 0.184. The summed E-state index contributed by atoms with van der Waals surface area (Å²) in [7, 11) is 0. The van der Waals surface area contributed by atoms with Crippen molar-refractivity contribution in [3.05, 3.63) is 65.2 Å². The van der Waals surface area contributed by atoms with Crippen molar-refractivity contribution in [3.63, 3.8) is 0 Å². The minimum Gasteiger partial charge on any atom is -0.349 e. The number of fused-ring (bicyclic) bond motifs is 2. The lowest BCUT2D eigenvalue weighted by Gasteiger charge is -2.27. The molecule has 1 spiro atoms. The van der Waals surface area contributed by atoms with Crippen LogP contribution in [0.4, 0.5) is 10.5 Å². The molecule has 1 saturated heterocycles. The van der Waals surface area contributed by atoms with Gasteiger partial charge in [0.1, 0.15) is 12.1 Å². The van der Waals surface area contributed by atoms with E-state index in [2.05, 4.69) is 16.0 Å². The second-order valence-corrected chi connectivity index (χ2v) is 8.97. The molecule has 170 valence electrons. The molecular weight excluding hydrogens is 420 g/mol. The van der Waals surface area contributed by atoms with Crippen molar-refractivity contribution in [3.8, 4) is 0 Å². The molecule has 2 aliphatic carbocycles. The van der Waals surface area contributed by atoms with E-state index in [1.54, 1.807) is 24.3 Å². The van der Waals surface area contributed by atoms with Gasteiger partial charge < -0.3 is 16.0 Å². The van der Waals surface area contributed by atoms with Crippen LogP contribution in [0.5, 0.6) is 0 Å². The molecule has 8 nitrogen and oxygen atoms in total. The average molecular weight is 447 g/mol. The van der Waals surface area contributed by atoms with Gasteiger partial charge in [0, 0.05) is 17.3 Å². The SMILES string of the molecule is O=C(CN1C(=O)N[C@]2(CCCCc3ccccc32)C1=O)Nc1cccc(C(=O)NC2CC2)c1. The van der Waals surface area contributed by atoms with Crippen LogP contribution >= 0.6 is 0 Å². The van der Waals surface area contributed by atoms with Crippen molar-refractivity contribution in [1.82, 2.24) is 15.5 Å². The number of benzene rings is 2. The number of amides is 5. The standard InChI is InChI=1S/C25H26N4O4/c30-21(26-19-9-5-8-17(14-19)22(31)27-18-11-12-18)15-29-23(32)25(28-24(29)33)13-4-3-7-16-6-1-2-10-20(16)25/h1-2,5-6,8-10,14,18H,3-4,7,11-13,15H2,(H,26,30)(H,27,31)(H,28,33)/t25-/m0/s1. The summed E-state index contributed by atoms with van der Waals surface area (Å²) in [4.78, 5) is 52.2. The van der Waals surface area contributed by atoms with Gasteiger partial charge in [0.15, 0.2) is 0 Å². The molecule has 2 fully saturated rings. The molecule has 1 saturated carbocycles. The van der Waals surface area contributed by atoms with Gasteiger partial charge in [0.05, 0.1) is 0 Å². The Balaban J connectivity index is 1.30. The topological polar surface area (TPSA) is 108 Å². The summed E-state index contributed by atoms with van der Waals surface area (Å²) in [5.41, 5.74) is 1.63. The highest BCUT2D eigenvalue weighted by Gasteiger charge is 2.53. The third kappa shape index (κ3) is 4.08. The zero-order chi connectivity index (χ0) is 23.0. The maximum Gasteiger partial charge on any atom is 0.325 e. The summed E-state index contributed by atoms with van der Waals surface area (Å²) >= 11 is 0. The van der Waals surface area contributed by atoms with E-state index in [0.717, 1.165) is 48.1 Å². The summed E-state index contributed by atoms with van der Waals surface area (Å²) in [6.07, 6.45) is 5.07. The largest absolute Gasteiger partial charge is 0.349 e. The van der Waals surface area contributed by atoms with Crippen molar-refractivity contribution in [2.24, 2.45) is 0 Å². The first-order valence-corrected chi connectivity index (χ1v) is 11.4. The number of nitrogens with zero attached hydrogens (tertiary/aromatic N) is 1. The lowest BCUT2D eigenvalue weighted by molar-refractivity contribution is -0.134. The van der Waals surface area contributed by atoms with E-state index in [1.807, 2.05) is 24.3 Å². The van der Waals surface area contributed by atoms with E-state index in [0.29, 0.717) is 17.7 Å². The predicted molar refractivity (Wildman–Crippen MR) is 121 cm³/mol. The highest BCUT2D eigenvalue weighted by molar-refractivity contribution is 6.10. The lowest BCUT2D eigenvalue weighted by atomic mass is 9.84. The van der Waals surface area contributed by atoms with Gasteiger partial charge in [0.2, 0.25) is 5.91 Å². The average Bonchev–Trinajstić information content (AvgIpc) is 3.61. The summed E-state index contributed by atoms with van der Waals surface area (Å²) in [5, 5.41) is 8.50. The summed E-state index contributed by atoms with van der Waals surface area (Å²) in [6.45, 7) is -0.396. The third-order valence-electron chi connectivity index (χ3n) is 6.52. The van der Waals surface area contributed by atoms with Crippen molar-refractivity contribution in [1.29, 1.82) is 0 Å². The van der Waals surface area contributed by atoms with Crippen molar-refractivity contribution < 1.29 is 19.2 Å². The van der Waals surface area contributed by atoms with E-state index < -0.39 is 29.9 Å². The zero-order valence-electron chi connectivity index (χ0n) is 18.2. The predicted octanol–water partition coefficient (Wildman–Crippen LogP) is 2.69. The van der Waals surface area contributed by atoms with Gasteiger partial charge in [-0.05, 0) is 67.9 Å². The fourth-order valence-electron chi connectivity index (χ4n) is 4.70. The van der Waals surface area contributed by atoms with E-state index in [-0.39, 0.29) is 11.9 Å². The molecule has 1 atom stereocenters. The van der Waals surface area contributed by atoms with E-state index >= 15 is 0 Å². The fourth-order valence-corrected chi connectivity index (χ4v) is 4.70. The Hall–Kier alpha value is -3.68. The Kier molecular flexibility index (Phi) is 5.36. The number of hydrogen-bond donors (Lipinski definition) is 3. The van der Waals surface area contributed by atoms with Crippen LogP contribution in [-0.2, 0) is 21.5 Å². The quantitative estimate of drug-likeness (QED) is 0.614. The van der Waals surface area contributed by atoms with Crippen LogP contribution in [0, 0.1) is 0 Å². The molecule has 33 heavy (non-hydrogen) atoms. The number of imide groups is 1. The van der Waals surface area contributed by atoms with Gasteiger partial charge in [-0.2, -0.15) is 0 Å². The number of nitrogens with one attached hydrogen (secondary N) is 3. The molecule has 1 heterocycles. The Bertz CT molecular complexity index is 1140. The first kappa shape index (κ1) is 21.2. The van der Waals surface area contributed by atoms with Gasteiger partial charge in [-0.15, -0.1) is 0 Å². The Morgan fingerprint density at radius 2 is 1.88 bits per heavy atom. The first-order chi connectivity index (χ1) is 16.0. The van der Waals surface area contributed by atoms with Crippen molar-refractivity contribution in [2.75, 3.05) is 11.9 Å². The Morgan fingerprint density at radius 3 is 2.70 bits per heavy atom. The van der Waals surface area contributed by atoms with Crippen LogP contribution in [0.3, 0.4) is 0 Å². The van der Waals surface area contributed by atoms with Gasteiger partial charge >= 0.3 is 6.03 Å². The molecule has 2 aromatic rings. The van der Waals surface area contributed by atoms with Crippen molar-refractivity contribution >= 4 is 29.4 Å². The maximum absolute atomic E-state index is 13.5.